The zero-order valence-corrected chi connectivity index (χ0v) is 14.8. The van der Waals surface area contributed by atoms with Crippen LogP contribution in [0.25, 0.3) is 27.5 Å². The minimum atomic E-state index is 0.149. The molecule has 4 heterocycles. The van der Waals surface area contributed by atoms with E-state index in [1.165, 1.54) is 38.4 Å². The average Bonchev–Trinajstić information content (AvgIpc) is 3.08. The Bertz CT molecular complexity index is 1520. The third-order valence-corrected chi connectivity index (χ3v) is 6.45. The highest BCUT2D eigenvalue weighted by molar-refractivity contribution is 7.00. The maximum atomic E-state index is 6.37. The molecule has 0 atom stereocenters. The fraction of sp³-hybridized carbons (Fsp3) is 0. The van der Waals surface area contributed by atoms with Gasteiger partial charge in [-0.05, 0) is 53.4 Å². The first-order valence-electron chi connectivity index (χ1n) is 9.58. The summed E-state index contributed by atoms with van der Waals surface area (Å²) in [5.74, 6) is 3.70. The van der Waals surface area contributed by atoms with Crippen molar-refractivity contribution >= 4 is 44.9 Å². The first-order chi connectivity index (χ1) is 13.9. The topological polar surface area (TPSA) is 23.4 Å². The summed E-state index contributed by atoms with van der Waals surface area (Å²) >= 11 is 0. The smallest absolute Gasteiger partial charge is 0.266 e. The highest BCUT2D eigenvalue weighted by atomic mass is 16.5. The van der Waals surface area contributed by atoms with Crippen LogP contribution in [-0.4, -0.2) is 11.3 Å². The lowest BCUT2D eigenvalue weighted by molar-refractivity contribution is 0.464. The van der Waals surface area contributed by atoms with Crippen molar-refractivity contribution in [1.29, 1.82) is 0 Å². The van der Waals surface area contributed by atoms with Gasteiger partial charge < -0.3 is 14.0 Å². The number of fused-ring (bicyclic) bond motifs is 4. The lowest BCUT2D eigenvalue weighted by Gasteiger charge is -2.37. The van der Waals surface area contributed by atoms with E-state index in [0.717, 1.165) is 28.5 Å². The number of aromatic nitrogens is 1. The number of rotatable bonds is 0. The van der Waals surface area contributed by atoms with Crippen molar-refractivity contribution in [3.8, 4) is 28.7 Å². The molecule has 28 heavy (non-hydrogen) atoms. The van der Waals surface area contributed by atoms with Gasteiger partial charge in [-0.3, -0.25) is 0 Å². The van der Waals surface area contributed by atoms with Crippen molar-refractivity contribution in [1.82, 2.24) is 4.57 Å². The Balaban J connectivity index is 1.70. The number of ether oxygens (including phenoxy) is 2. The average molecular weight is 357 g/mol. The van der Waals surface area contributed by atoms with Crippen LogP contribution in [-0.2, 0) is 0 Å². The fourth-order valence-electron chi connectivity index (χ4n) is 5.45. The Labute approximate surface area is 160 Å². The molecule has 3 nitrogen and oxygen atoms in total. The van der Waals surface area contributed by atoms with E-state index in [-0.39, 0.29) is 6.71 Å². The normalized spacial score (nSPS) is 14.2. The molecule has 3 aliphatic heterocycles. The van der Waals surface area contributed by atoms with E-state index in [2.05, 4.69) is 59.2 Å². The summed E-state index contributed by atoms with van der Waals surface area (Å²) in [7, 11) is 0. The molecule has 0 radical (unpaired) electrons. The van der Waals surface area contributed by atoms with Gasteiger partial charge >= 0.3 is 0 Å². The lowest BCUT2D eigenvalue weighted by Crippen LogP contribution is -2.60. The molecular formula is C24H12BNO2. The maximum Gasteiger partial charge on any atom is 0.266 e. The molecule has 1 aromatic heterocycles. The van der Waals surface area contributed by atoms with Crippen LogP contribution in [0.3, 0.4) is 0 Å². The van der Waals surface area contributed by atoms with Gasteiger partial charge in [0.25, 0.3) is 6.71 Å². The van der Waals surface area contributed by atoms with Crippen LogP contribution in [0.2, 0.25) is 0 Å². The molecule has 0 bridgehead atoms. The summed E-state index contributed by atoms with van der Waals surface area (Å²) in [4.78, 5) is 0. The van der Waals surface area contributed by atoms with Crippen LogP contribution in [0.1, 0.15) is 0 Å². The van der Waals surface area contributed by atoms with Crippen LogP contribution in [0.15, 0.2) is 72.8 Å². The molecule has 128 valence electrons. The fourth-order valence-corrected chi connectivity index (χ4v) is 5.45. The Hall–Kier alpha value is -3.66. The zero-order chi connectivity index (χ0) is 18.0. The second-order valence-corrected chi connectivity index (χ2v) is 7.72. The molecule has 0 unspecified atom stereocenters. The van der Waals surface area contributed by atoms with E-state index in [0.29, 0.717) is 0 Å². The largest absolute Gasteiger partial charge is 0.458 e. The van der Waals surface area contributed by atoms with E-state index < -0.39 is 0 Å². The van der Waals surface area contributed by atoms with Crippen LogP contribution < -0.4 is 25.9 Å². The third kappa shape index (κ3) is 1.30. The van der Waals surface area contributed by atoms with Crippen LogP contribution >= 0.6 is 0 Å². The molecule has 4 aromatic carbocycles. The minimum Gasteiger partial charge on any atom is -0.458 e. The van der Waals surface area contributed by atoms with E-state index in [1.54, 1.807) is 0 Å². The van der Waals surface area contributed by atoms with Crippen molar-refractivity contribution in [2.75, 3.05) is 0 Å². The minimum absolute atomic E-state index is 0.149. The Morgan fingerprint density at radius 1 is 0.571 bits per heavy atom. The Morgan fingerprint density at radius 3 is 2.14 bits per heavy atom. The molecule has 0 fully saturated rings. The van der Waals surface area contributed by atoms with E-state index in [1.807, 2.05) is 18.2 Å². The highest BCUT2D eigenvalue weighted by Crippen LogP contribution is 2.42. The van der Waals surface area contributed by atoms with E-state index in [4.69, 9.17) is 9.47 Å². The summed E-state index contributed by atoms with van der Waals surface area (Å²) < 4.78 is 15.1. The molecular weight excluding hydrogens is 345 g/mol. The zero-order valence-electron chi connectivity index (χ0n) is 14.8. The van der Waals surface area contributed by atoms with E-state index in [9.17, 15) is 0 Å². The van der Waals surface area contributed by atoms with Gasteiger partial charge in [0.05, 0.1) is 11.0 Å². The van der Waals surface area contributed by atoms with Crippen molar-refractivity contribution in [3.05, 3.63) is 72.8 Å². The summed E-state index contributed by atoms with van der Waals surface area (Å²) in [5, 5.41) is 2.55. The highest BCUT2D eigenvalue weighted by Gasteiger charge is 2.45. The predicted octanol–water partition coefficient (Wildman–Crippen LogP) is 3.82. The van der Waals surface area contributed by atoms with Gasteiger partial charge in [-0.15, -0.1) is 0 Å². The molecule has 4 heteroatoms. The number of benzene rings is 4. The van der Waals surface area contributed by atoms with Gasteiger partial charge in [0.15, 0.2) is 0 Å². The molecule has 0 aliphatic carbocycles. The number of nitrogens with zero attached hydrogens (tertiary/aromatic N) is 1. The molecule has 5 aromatic rings. The second-order valence-electron chi connectivity index (χ2n) is 7.72. The molecule has 0 amide bonds. The third-order valence-electron chi connectivity index (χ3n) is 6.45. The van der Waals surface area contributed by atoms with Gasteiger partial charge in [0.2, 0.25) is 0 Å². The molecule has 0 saturated heterocycles. The number of hydrogen-bond acceptors (Lipinski definition) is 2. The van der Waals surface area contributed by atoms with Crippen LogP contribution in [0, 0.1) is 0 Å². The van der Waals surface area contributed by atoms with Gasteiger partial charge in [0, 0.05) is 21.9 Å². The van der Waals surface area contributed by atoms with Crippen LogP contribution in [0.4, 0.5) is 0 Å². The SMILES string of the molecule is c1cc2c3c(c1)Oc1ccc4c5ccccc5n5c4c1B3c1c(cccc1-5)O2. The molecule has 0 spiro atoms. The number of para-hydroxylation sites is 1. The predicted molar refractivity (Wildman–Crippen MR) is 112 cm³/mol. The van der Waals surface area contributed by atoms with Crippen LogP contribution in [0.5, 0.6) is 23.0 Å². The van der Waals surface area contributed by atoms with E-state index >= 15 is 0 Å². The van der Waals surface area contributed by atoms with Crippen molar-refractivity contribution in [3.63, 3.8) is 0 Å². The standard InChI is InChI=1S/C24H12BNO2/c1-2-6-15-13(5-1)14-11-12-20-23-24(14)26(15)16-7-3-8-17-21(16)25(23)22-18(27-17)9-4-10-19(22)28-20/h1-12H. The van der Waals surface area contributed by atoms with Crippen molar-refractivity contribution < 1.29 is 9.47 Å². The number of hydrogen-bond donors (Lipinski definition) is 0. The van der Waals surface area contributed by atoms with Gasteiger partial charge in [-0.1, -0.05) is 30.3 Å². The summed E-state index contributed by atoms with van der Waals surface area (Å²) in [6, 6.07) is 25.5. The van der Waals surface area contributed by atoms with Gasteiger partial charge in [-0.25, -0.2) is 0 Å². The molecule has 0 saturated carbocycles. The quantitative estimate of drug-likeness (QED) is 0.385. The molecule has 0 N–H and O–H groups in total. The van der Waals surface area contributed by atoms with Gasteiger partial charge in [0.1, 0.15) is 23.0 Å². The van der Waals surface area contributed by atoms with Gasteiger partial charge in [-0.2, -0.15) is 0 Å². The Morgan fingerprint density at radius 2 is 1.29 bits per heavy atom. The second kappa shape index (κ2) is 4.25. The van der Waals surface area contributed by atoms with Crippen molar-refractivity contribution in [2.45, 2.75) is 0 Å². The Kier molecular flexibility index (Phi) is 2.05. The summed E-state index contributed by atoms with van der Waals surface area (Å²) in [6.07, 6.45) is 0. The maximum absolute atomic E-state index is 6.37. The first kappa shape index (κ1) is 13.5. The summed E-state index contributed by atoms with van der Waals surface area (Å²) in [6.45, 7) is 0.149. The molecule has 3 aliphatic rings. The first-order valence-corrected chi connectivity index (χ1v) is 9.58. The lowest BCUT2D eigenvalue weighted by atomic mass is 9.33. The monoisotopic (exact) mass is 357 g/mol. The van der Waals surface area contributed by atoms with Crippen molar-refractivity contribution in [2.24, 2.45) is 0 Å². The molecule has 8 rings (SSSR count). The summed E-state index contributed by atoms with van der Waals surface area (Å²) in [5.41, 5.74) is 7.35.